The minimum Gasteiger partial charge on any atom is -0.442 e. The standard InChI is InChI=1S/C21H21FN6O4/c1-10(29)25-6-12-7-28(21(30)31-12)11-2-3-17(15(22)4-11)27-8-13-14(9-27)18(13)20-26-16(5-23)19(24)32-20/h2-4,12-14,18H,6-9,24H2,1H3,(H,25,29)/t12-,13?,14?,18?/m0/s1. The second-order valence-electron chi connectivity index (χ2n) is 8.32. The van der Waals surface area contributed by atoms with Crippen LogP contribution in [0.1, 0.15) is 24.4 Å². The maximum absolute atomic E-state index is 14.9. The molecule has 0 spiro atoms. The molecule has 0 radical (unpaired) electrons. The van der Waals surface area contributed by atoms with Crippen LogP contribution in [-0.2, 0) is 9.53 Å². The monoisotopic (exact) mass is 440 g/mol. The minimum atomic E-state index is -0.570. The van der Waals surface area contributed by atoms with E-state index in [1.165, 1.54) is 17.9 Å². The largest absolute Gasteiger partial charge is 0.442 e. The number of anilines is 3. The number of nitrogens with two attached hydrogens (primary N) is 1. The third-order valence-electron chi connectivity index (χ3n) is 6.29. The van der Waals surface area contributed by atoms with Crippen LogP contribution in [0.15, 0.2) is 22.6 Å². The fraction of sp³-hybridized carbons (Fsp3) is 0.429. The van der Waals surface area contributed by atoms with Crippen molar-refractivity contribution in [1.82, 2.24) is 10.3 Å². The van der Waals surface area contributed by atoms with Crippen molar-refractivity contribution in [3.05, 3.63) is 35.6 Å². The van der Waals surface area contributed by atoms with Gasteiger partial charge in [0.2, 0.25) is 23.4 Å². The average molecular weight is 440 g/mol. The molecule has 10 nitrogen and oxygen atoms in total. The van der Waals surface area contributed by atoms with Gasteiger partial charge >= 0.3 is 6.09 Å². The van der Waals surface area contributed by atoms with Crippen molar-refractivity contribution in [3.63, 3.8) is 0 Å². The van der Waals surface area contributed by atoms with Gasteiger partial charge in [0.1, 0.15) is 18.0 Å². The zero-order valence-corrected chi connectivity index (χ0v) is 17.2. The molecule has 3 heterocycles. The quantitative estimate of drug-likeness (QED) is 0.715. The Labute approximate surface area is 182 Å². The molecule has 3 atom stereocenters. The van der Waals surface area contributed by atoms with Gasteiger partial charge in [-0.25, -0.2) is 14.2 Å². The molecule has 3 aliphatic rings. The molecule has 166 valence electrons. The number of nitrogens with one attached hydrogen (secondary N) is 1. The van der Waals surface area contributed by atoms with E-state index < -0.39 is 18.0 Å². The number of nitriles is 1. The van der Waals surface area contributed by atoms with Crippen molar-refractivity contribution < 1.29 is 23.1 Å². The Morgan fingerprint density at radius 2 is 2.12 bits per heavy atom. The van der Waals surface area contributed by atoms with Gasteiger partial charge in [-0.15, -0.1) is 0 Å². The third kappa shape index (κ3) is 3.37. The number of piperidine rings is 1. The van der Waals surface area contributed by atoms with Crippen LogP contribution in [-0.4, -0.2) is 49.3 Å². The first-order valence-electron chi connectivity index (χ1n) is 10.3. The topological polar surface area (TPSA) is 138 Å². The maximum Gasteiger partial charge on any atom is 0.414 e. The van der Waals surface area contributed by atoms with E-state index in [2.05, 4.69) is 10.3 Å². The van der Waals surface area contributed by atoms with Crippen LogP contribution in [0.2, 0.25) is 0 Å². The molecular formula is C21H21FN6O4. The molecule has 1 aromatic heterocycles. The summed E-state index contributed by atoms with van der Waals surface area (Å²) in [6.45, 7) is 3.11. The van der Waals surface area contributed by atoms with Crippen molar-refractivity contribution in [3.8, 4) is 6.07 Å². The molecule has 2 aliphatic heterocycles. The fourth-order valence-corrected chi connectivity index (χ4v) is 4.68. The highest BCUT2D eigenvalue weighted by molar-refractivity contribution is 5.90. The second kappa shape index (κ2) is 7.40. The number of aromatic nitrogens is 1. The average Bonchev–Trinajstić information content (AvgIpc) is 3.10. The Bertz CT molecular complexity index is 1130. The van der Waals surface area contributed by atoms with Gasteiger partial charge in [-0.3, -0.25) is 9.69 Å². The van der Waals surface area contributed by atoms with Crippen molar-refractivity contribution in [2.45, 2.75) is 18.9 Å². The Morgan fingerprint density at radius 1 is 1.38 bits per heavy atom. The molecule has 11 heteroatoms. The lowest BCUT2D eigenvalue weighted by Crippen LogP contribution is -2.33. The van der Waals surface area contributed by atoms with Gasteiger partial charge in [-0.2, -0.15) is 5.26 Å². The van der Waals surface area contributed by atoms with Crippen molar-refractivity contribution in [1.29, 1.82) is 5.26 Å². The second-order valence-corrected chi connectivity index (χ2v) is 8.32. The molecule has 3 fully saturated rings. The molecule has 5 rings (SSSR count). The molecule has 1 saturated carbocycles. The van der Waals surface area contributed by atoms with Crippen LogP contribution in [0.3, 0.4) is 0 Å². The van der Waals surface area contributed by atoms with Gasteiger partial charge in [-0.1, -0.05) is 0 Å². The number of carbonyl (C=O) groups is 2. The van der Waals surface area contributed by atoms with Crippen LogP contribution in [0, 0.1) is 29.0 Å². The number of cyclic esters (lactones) is 1. The fourth-order valence-electron chi connectivity index (χ4n) is 4.68. The third-order valence-corrected chi connectivity index (χ3v) is 6.29. The highest BCUT2D eigenvalue weighted by Gasteiger charge is 2.59. The molecular weight excluding hydrogens is 419 g/mol. The van der Waals surface area contributed by atoms with E-state index in [4.69, 9.17) is 20.1 Å². The predicted octanol–water partition coefficient (Wildman–Crippen LogP) is 1.58. The number of oxazole rings is 1. The van der Waals surface area contributed by atoms with Crippen LogP contribution in [0.4, 0.5) is 26.4 Å². The van der Waals surface area contributed by atoms with Crippen LogP contribution in [0.5, 0.6) is 0 Å². The van der Waals surface area contributed by atoms with Crippen LogP contribution >= 0.6 is 0 Å². The number of hydrogen-bond donors (Lipinski definition) is 2. The highest BCUT2D eigenvalue weighted by atomic mass is 19.1. The molecule has 32 heavy (non-hydrogen) atoms. The lowest BCUT2D eigenvalue weighted by molar-refractivity contribution is -0.119. The van der Waals surface area contributed by atoms with E-state index in [0.29, 0.717) is 30.4 Å². The van der Waals surface area contributed by atoms with E-state index in [9.17, 15) is 14.0 Å². The number of rotatable bonds is 5. The molecule has 1 aromatic carbocycles. The van der Waals surface area contributed by atoms with E-state index in [0.717, 1.165) is 0 Å². The Morgan fingerprint density at radius 3 is 2.75 bits per heavy atom. The number of nitrogens with zero attached hydrogens (tertiary/aromatic N) is 4. The summed E-state index contributed by atoms with van der Waals surface area (Å²) in [5.74, 6) is 0.501. The van der Waals surface area contributed by atoms with Crippen LogP contribution < -0.4 is 20.9 Å². The first kappa shape index (κ1) is 20.1. The number of fused-ring (bicyclic) bond motifs is 1. The van der Waals surface area contributed by atoms with Gasteiger partial charge in [-0.05, 0) is 30.0 Å². The van der Waals surface area contributed by atoms with Crippen LogP contribution in [0.25, 0.3) is 0 Å². The van der Waals surface area contributed by atoms with Crippen molar-refractivity contribution in [2.24, 2.45) is 11.8 Å². The number of ether oxygens (including phenoxy) is 1. The van der Waals surface area contributed by atoms with E-state index >= 15 is 0 Å². The van der Waals surface area contributed by atoms with Gasteiger partial charge in [0.15, 0.2) is 0 Å². The molecule has 3 N–H and O–H groups in total. The van der Waals surface area contributed by atoms with Crippen molar-refractivity contribution in [2.75, 3.05) is 41.7 Å². The summed E-state index contributed by atoms with van der Waals surface area (Å²) < 4.78 is 25.6. The number of benzene rings is 1. The smallest absolute Gasteiger partial charge is 0.414 e. The number of hydrogen-bond acceptors (Lipinski definition) is 8. The summed E-state index contributed by atoms with van der Waals surface area (Å²) in [5, 5.41) is 11.6. The molecule has 2 saturated heterocycles. The predicted molar refractivity (Wildman–Crippen MR) is 110 cm³/mol. The SMILES string of the molecule is CC(=O)NC[C@H]1CN(c2ccc(N3CC4C(C3)C4c3nc(C#N)c(N)o3)c(F)c2)C(=O)O1. The molecule has 2 unspecified atom stereocenters. The summed E-state index contributed by atoms with van der Waals surface area (Å²) in [6, 6.07) is 6.59. The molecule has 0 bridgehead atoms. The number of carbonyl (C=O) groups excluding carboxylic acids is 2. The highest BCUT2D eigenvalue weighted by Crippen LogP contribution is 2.58. The first-order valence-corrected chi connectivity index (χ1v) is 10.3. The Hall–Kier alpha value is -3.81. The molecule has 2 aromatic rings. The number of amides is 2. The summed E-state index contributed by atoms with van der Waals surface area (Å²) >= 11 is 0. The summed E-state index contributed by atoms with van der Waals surface area (Å²) in [6.07, 6.45) is -1.05. The lowest BCUT2D eigenvalue weighted by atomic mass is 10.2. The Kier molecular flexibility index (Phi) is 4.65. The summed E-state index contributed by atoms with van der Waals surface area (Å²) in [5.41, 5.74) is 6.62. The van der Waals surface area contributed by atoms with Gasteiger partial charge in [0.05, 0.1) is 24.5 Å². The zero-order chi connectivity index (χ0) is 22.6. The van der Waals surface area contributed by atoms with Crippen molar-refractivity contribution >= 4 is 29.3 Å². The zero-order valence-electron chi connectivity index (χ0n) is 17.2. The molecule has 1 aliphatic carbocycles. The number of nitrogen functional groups attached to an aromatic ring is 1. The van der Waals surface area contributed by atoms with Gasteiger partial charge in [0.25, 0.3) is 0 Å². The van der Waals surface area contributed by atoms with Gasteiger partial charge < -0.3 is 25.1 Å². The van der Waals surface area contributed by atoms with E-state index in [1.54, 1.807) is 12.1 Å². The lowest BCUT2D eigenvalue weighted by Gasteiger charge is -2.23. The molecule has 2 amide bonds. The van der Waals surface area contributed by atoms with Gasteiger partial charge in [0, 0.05) is 25.9 Å². The minimum absolute atomic E-state index is 0.0331. The number of halogens is 1. The first-order chi connectivity index (χ1) is 15.4. The van der Waals surface area contributed by atoms with E-state index in [1.807, 2.05) is 11.0 Å². The van der Waals surface area contributed by atoms with E-state index in [-0.39, 0.29) is 48.3 Å². The normalized spacial score (nSPS) is 26.0. The summed E-state index contributed by atoms with van der Waals surface area (Å²) in [4.78, 5) is 30.7. The Balaban J connectivity index is 1.23. The maximum atomic E-state index is 14.9. The summed E-state index contributed by atoms with van der Waals surface area (Å²) in [7, 11) is 0.